The van der Waals surface area contributed by atoms with E-state index >= 15 is 0 Å². The molecule has 0 saturated heterocycles. The molecule has 3 heteroatoms. The summed E-state index contributed by atoms with van der Waals surface area (Å²) in [4.78, 5) is 16.9. The van der Waals surface area contributed by atoms with E-state index in [-0.39, 0.29) is 5.78 Å². The van der Waals surface area contributed by atoms with Gasteiger partial charge in [0.05, 0.1) is 11.4 Å². The number of allylic oxidation sites excluding steroid dienone is 2. The van der Waals surface area contributed by atoms with Crippen molar-refractivity contribution in [3.63, 3.8) is 0 Å². The van der Waals surface area contributed by atoms with Gasteiger partial charge in [-0.25, -0.2) is 0 Å². The first-order valence-corrected chi connectivity index (χ1v) is 7.84. The third-order valence-corrected chi connectivity index (χ3v) is 4.07. The molecule has 0 saturated carbocycles. The number of rotatable bonds is 5. The summed E-state index contributed by atoms with van der Waals surface area (Å²) in [6.07, 6.45) is 1.69. The highest BCUT2D eigenvalue weighted by atomic mass is 16.1. The molecule has 0 spiro atoms. The van der Waals surface area contributed by atoms with Crippen molar-refractivity contribution in [3.05, 3.63) is 82.7 Å². The maximum absolute atomic E-state index is 12.3. The highest BCUT2D eigenvalue weighted by Crippen LogP contribution is 2.24. The Labute approximate surface area is 136 Å². The zero-order valence-corrected chi connectivity index (χ0v) is 13.3. The van der Waals surface area contributed by atoms with Gasteiger partial charge in [0.15, 0.2) is 5.78 Å². The number of hydrogen-bond donors (Lipinski definition) is 1. The Kier molecular flexibility index (Phi) is 4.38. The van der Waals surface area contributed by atoms with Gasteiger partial charge in [-0.3, -0.25) is 9.79 Å². The summed E-state index contributed by atoms with van der Waals surface area (Å²) in [5.41, 5.74) is 11.7. The number of aliphatic imine (C=N–C) groups is 1. The lowest BCUT2D eigenvalue weighted by Crippen LogP contribution is -2.03. The summed E-state index contributed by atoms with van der Waals surface area (Å²) in [5, 5.41) is 0. The Morgan fingerprint density at radius 1 is 1.09 bits per heavy atom. The standard InChI is InChI=1S/C20H20N2O/c1-14-7-9-16(10-8-14)20(23)12-11-18-17(21)13-19(22-18)15-5-3-2-4-6-15/h2-10H,11-13,21H2,1H3. The molecule has 116 valence electrons. The van der Waals surface area contributed by atoms with Crippen LogP contribution in [0.25, 0.3) is 0 Å². The molecule has 0 aromatic heterocycles. The Balaban J connectivity index is 1.66. The molecule has 23 heavy (non-hydrogen) atoms. The van der Waals surface area contributed by atoms with Gasteiger partial charge in [0.1, 0.15) is 0 Å². The van der Waals surface area contributed by atoms with Gasteiger partial charge in [0.2, 0.25) is 0 Å². The van der Waals surface area contributed by atoms with E-state index in [0.29, 0.717) is 19.3 Å². The lowest BCUT2D eigenvalue weighted by Gasteiger charge is -2.02. The Hall–Kier alpha value is -2.68. The predicted octanol–water partition coefficient (Wildman–Crippen LogP) is 4.02. The number of aryl methyl sites for hydroxylation is 1. The summed E-state index contributed by atoms with van der Waals surface area (Å²) < 4.78 is 0. The van der Waals surface area contributed by atoms with Crippen LogP contribution in [0.5, 0.6) is 0 Å². The number of benzene rings is 2. The third-order valence-electron chi connectivity index (χ3n) is 4.07. The van der Waals surface area contributed by atoms with Crippen molar-refractivity contribution in [1.29, 1.82) is 0 Å². The average Bonchev–Trinajstić information content (AvgIpc) is 2.95. The second-order valence-electron chi connectivity index (χ2n) is 5.86. The van der Waals surface area contributed by atoms with Crippen LogP contribution in [0.3, 0.4) is 0 Å². The normalized spacial score (nSPS) is 14.0. The molecule has 0 aliphatic carbocycles. The molecule has 1 aliphatic rings. The number of carbonyl (C=O) groups excluding carboxylic acids is 1. The SMILES string of the molecule is Cc1ccc(C(=O)CCC2=C(N)CC(c3ccccc3)=N2)cc1. The molecule has 0 unspecified atom stereocenters. The van der Waals surface area contributed by atoms with Gasteiger partial charge in [-0.2, -0.15) is 0 Å². The van der Waals surface area contributed by atoms with Gasteiger partial charge in [0.25, 0.3) is 0 Å². The average molecular weight is 304 g/mol. The fourth-order valence-electron chi connectivity index (χ4n) is 2.69. The van der Waals surface area contributed by atoms with Crippen molar-refractivity contribution in [2.45, 2.75) is 26.2 Å². The molecule has 0 radical (unpaired) electrons. The van der Waals surface area contributed by atoms with E-state index < -0.39 is 0 Å². The Bertz CT molecular complexity index is 771. The van der Waals surface area contributed by atoms with Gasteiger partial charge < -0.3 is 5.73 Å². The van der Waals surface area contributed by atoms with E-state index in [4.69, 9.17) is 5.73 Å². The minimum absolute atomic E-state index is 0.133. The predicted molar refractivity (Wildman–Crippen MR) is 93.6 cm³/mol. The summed E-state index contributed by atoms with van der Waals surface area (Å²) in [5.74, 6) is 0.133. The fraction of sp³-hybridized carbons (Fsp3) is 0.200. The van der Waals surface area contributed by atoms with E-state index in [9.17, 15) is 4.79 Å². The molecule has 2 N–H and O–H groups in total. The number of nitrogens with two attached hydrogens (primary N) is 1. The number of Topliss-reactive ketones (excluding diaryl/α,β-unsaturated/α-hetero) is 1. The topological polar surface area (TPSA) is 55.5 Å². The number of hydrogen-bond acceptors (Lipinski definition) is 3. The minimum atomic E-state index is 0.133. The molecule has 1 aliphatic heterocycles. The fourth-order valence-corrected chi connectivity index (χ4v) is 2.69. The van der Waals surface area contributed by atoms with Crippen molar-refractivity contribution < 1.29 is 4.79 Å². The summed E-state index contributed by atoms with van der Waals surface area (Å²) in [7, 11) is 0. The second-order valence-corrected chi connectivity index (χ2v) is 5.86. The molecule has 0 fully saturated rings. The van der Waals surface area contributed by atoms with E-state index in [1.807, 2.05) is 61.5 Å². The Morgan fingerprint density at radius 2 is 1.78 bits per heavy atom. The van der Waals surface area contributed by atoms with Crippen LogP contribution in [0, 0.1) is 6.92 Å². The maximum atomic E-state index is 12.3. The van der Waals surface area contributed by atoms with Crippen LogP contribution in [0.4, 0.5) is 0 Å². The molecule has 3 nitrogen and oxygen atoms in total. The monoisotopic (exact) mass is 304 g/mol. The van der Waals surface area contributed by atoms with Crippen LogP contribution < -0.4 is 5.73 Å². The van der Waals surface area contributed by atoms with Crippen LogP contribution in [0.15, 0.2) is 71.0 Å². The summed E-state index contributed by atoms with van der Waals surface area (Å²) in [6, 6.07) is 17.7. The van der Waals surface area contributed by atoms with Crippen LogP contribution in [0.2, 0.25) is 0 Å². The summed E-state index contributed by atoms with van der Waals surface area (Å²) >= 11 is 0. The van der Waals surface area contributed by atoms with Crippen LogP contribution in [-0.2, 0) is 0 Å². The summed E-state index contributed by atoms with van der Waals surface area (Å²) in [6.45, 7) is 2.01. The molecule has 3 rings (SSSR count). The van der Waals surface area contributed by atoms with Crippen molar-refractivity contribution in [3.8, 4) is 0 Å². The molecular formula is C20H20N2O. The maximum Gasteiger partial charge on any atom is 0.163 e. The van der Waals surface area contributed by atoms with Gasteiger partial charge in [-0.15, -0.1) is 0 Å². The highest BCUT2D eigenvalue weighted by molar-refractivity contribution is 6.04. The van der Waals surface area contributed by atoms with Gasteiger partial charge >= 0.3 is 0 Å². The number of carbonyl (C=O) groups is 1. The van der Waals surface area contributed by atoms with Crippen molar-refractivity contribution in [2.24, 2.45) is 10.7 Å². The first kappa shape index (κ1) is 15.2. The lowest BCUT2D eigenvalue weighted by atomic mass is 10.0. The van der Waals surface area contributed by atoms with E-state index in [1.54, 1.807) is 0 Å². The lowest BCUT2D eigenvalue weighted by molar-refractivity contribution is 0.0982. The molecule has 0 amide bonds. The number of nitrogens with zero attached hydrogens (tertiary/aromatic N) is 1. The molecule has 2 aromatic carbocycles. The smallest absolute Gasteiger partial charge is 0.163 e. The Morgan fingerprint density at radius 3 is 2.48 bits per heavy atom. The quantitative estimate of drug-likeness (QED) is 0.848. The van der Waals surface area contributed by atoms with Crippen molar-refractivity contribution in [2.75, 3.05) is 0 Å². The van der Waals surface area contributed by atoms with Crippen molar-refractivity contribution >= 4 is 11.5 Å². The first-order chi connectivity index (χ1) is 11.1. The van der Waals surface area contributed by atoms with Crippen LogP contribution >= 0.6 is 0 Å². The van der Waals surface area contributed by atoms with Gasteiger partial charge in [-0.1, -0.05) is 60.2 Å². The number of ketones is 1. The van der Waals surface area contributed by atoms with E-state index in [1.165, 1.54) is 0 Å². The van der Waals surface area contributed by atoms with Gasteiger partial charge in [0, 0.05) is 24.1 Å². The zero-order chi connectivity index (χ0) is 16.2. The first-order valence-electron chi connectivity index (χ1n) is 7.84. The second kappa shape index (κ2) is 6.61. The van der Waals surface area contributed by atoms with Crippen LogP contribution in [-0.4, -0.2) is 11.5 Å². The highest BCUT2D eigenvalue weighted by Gasteiger charge is 2.17. The zero-order valence-electron chi connectivity index (χ0n) is 13.3. The molecule has 1 heterocycles. The van der Waals surface area contributed by atoms with Crippen LogP contribution in [0.1, 0.15) is 40.7 Å². The van der Waals surface area contributed by atoms with E-state index in [2.05, 4.69) is 4.99 Å². The minimum Gasteiger partial charge on any atom is -0.400 e. The van der Waals surface area contributed by atoms with Gasteiger partial charge in [-0.05, 0) is 18.9 Å². The molecule has 0 atom stereocenters. The van der Waals surface area contributed by atoms with E-state index in [0.717, 1.165) is 33.8 Å². The largest absolute Gasteiger partial charge is 0.400 e. The van der Waals surface area contributed by atoms with Crippen molar-refractivity contribution in [1.82, 2.24) is 0 Å². The third kappa shape index (κ3) is 3.57. The molecule has 0 bridgehead atoms. The molecule has 2 aromatic rings. The molecular weight excluding hydrogens is 284 g/mol.